The van der Waals surface area contributed by atoms with E-state index in [0.717, 1.165) is 25.3 Å². The Kier molecular flexibility index (Phi) is 6.33. The second-order valence-electron chi connectivity index (χ2n) is 5.41. The van der Waals surface area contributed by atoms with Crippen molar-refractivity contribution in [3.8, 4) is 5.75 Å². The molecular formula is C17H17Cl2NO2S2. The van der Waals surface area contributed by atoms with Crippen molar-refractivity contribution in [2.75, 3.05) is 25.4 Å². The van der Waals surface area contributed by atoms with Crippen molar-refractivity contribution in [2.45, 2.75) is 11.7 Å². The standard InChI is InChI=1S/C17H17Cl2NO2S2/c18-12-3-4-14(13(19)10-12)22-11-17(21)20-6-5-16(24-9-7-20)15-2-1-8-23-15/h1-4,8,10,16H,5-7,9,11H2/t16-/m0/s1. The van der Waals surface area contributed by atoms with Crippen molar-refractivity contribution in [1.29, 1.82) is 0 Å². The molecule has 1 aliphatic heterocycles. The second kappa shape index (κ2) is 8.48. The highest BCUT2D eigenvalue weighted by Crippen LogP contribution is 2.36. The summed E-state index contributed by atoms with van der Waals surface area (Å²) in [6.07, 6.45) is 0.971. The smallest absolute Gasteiger partial charge is 0.260 e. The van der Waals surface area contributed by atoms with Gasteiger partial charge in [0.1, 0.15) is 5.75 Å². The van der Waals surface area contributed by atoms with Crippen LogP contribution in [0, 0.1) is 0 Å². The fourth-order valence-electron chi connectivity index (χ4n) is 2.54. The van der Waals surface area contributed by atoms with Crippen LogP contribution in [0.5, 0.6) is 5.75 Å². The summed E-state index contributed by atoms with van der Waals surface area (Å²) < 4.78 is 5.56. The summed E-state index contributed by atoms with van der Waals surface area (Å²) in [5, 5.41) is 3.55. The average molecular weight is 402 g/mol. The maximum Gasteiger partial charge on any atom is 0.260 e. The number of thiophene rings is 1. The van der Waals surface area contributed by atoms with E-state index in [9.17, 15) is 4.79 Å². The Balaban J connectivity index is 1.53. The number of benzene rings is 1. The van der Waals surface area contributed by atoms with Gasteiger partial charge in [-0.25, -0.2) is 0 Å². The van der Waals surface area contributed by atoms with E-state index in [1.807, 2.05) is 16.7 Å². The number of thioether (sulfide) groups is 1. The number of rotatable bonds is 4. The zero-order valence-electron chi connectivity index (χ0n) is 12.9. The molecule has 24 heavy (non-hydrogen) atoms. The van der Waals surface area contributed by atoms with Crippen molar-refractivity contribution in [3.63, 3.8) is 0 Å². The summed E-state index contributed by atoms with van der Waals surface area (Å²) in [6.45, 7) is 1.50. The molecule has 1 aromatic carbocycles. The molecule has 0 saturated carbocycles. The molecule has 0 N–H and O–H groups in total. The summed E-state index contributed by atoms with van der Waals surface area (Å²) in [5.41, 5.74) is 0. The number of ether oxygens (including phenoxy) is 1. The van der Waals surface area contributed by atoms with Gasteiger partial charge in [0.05, 0.1) is 5.02 Å². The van der Waals surface area contributed by atoms with Crippen LogP contribution in [0.4, 0.5) is 0 Å². The monoisotopic (exact) mass is 401 g/mol. The number of amides is 1. The van der Waals surface area contributed by atoms with E-state index in [0.29, 0.717) is 21.0 Å². The molecule has 0 unspecified atom stereocenters. The molecule has 1 saturated heterocycles. The van der Waals surface area contributed by atoms with Crippen LogP contribution < -0.4 is 4.74 Å². The van der Waals surface area contributed by atoms with Crippen molar-refractivity contribution in [2.24, 2.45) is 0 Å². The SMILES string of the molecule is O=C(COc1ccc(Cl)cc1Cl)N1CCS[C@H](c2cccs2)CC1. The van der Waals surface area contributed by atoms with Gasteiger partial charge in [-0.3, -0.25) is 4.79 Å². The van der Waals surface area contributed by atoms with Gasteiger partial charge in [0.2, 0.25) is 0 Å². The van der Waals surface area contributed by atoms with E-state index in [1.165, 1.54) is 4.88 Å². The van der Waals surface area contributed by atoms with Crippen LogP contribution in [-0.2, 0) is 4.79 Å². The topological polar surface area (TPSA) is 29.5 Å². The van der Waals surface area contributed by atoms with E-state index < -0.39 is 0 Å². The van der Waals surface area contributed by atoms with Crippen LogP contribution in [0.15, 0.2) is 35.7 Å². The van der Waals surface area contributed by atoms with Crippen LogP contribution in [-0.4, -0.2) is 36.3 Å². The Hall–Kier alpha value is -0.880. The first-order valence-corrected chi connectivity index (χ1v) is 10.3. The fourth-order valence-corrected chi connectivity index (χ4v) is 5.24. The van der Waals surface area contributed by atoms with Gasteiger partial charge in [-0.2, -0.15) is 11.8 Å². The molecule has 0 spiro atoms. The molecule has 2 aromatic rings. The van der Waals surface area contributed by atoms with Gasteiger partial charge in [0.15, 0.2) is 6.61 Å². The Bertz CT molecular complexity index is 694. The predicted molar refractivity (Wildman–Crippen MR) is 103 cm³/mol. The van der Waals surface area contributed by atoms with Crippen LogP contribution in [0.1, 0.15) is 16.5 Å². The van der Waals surface area contributed by atoms with E-state index in [4.69, 9.17) is 27.9 Å². The third-order valence-electron chi connectivity index (χ3n) is 3.80. The van der Waals surface area contributed by atoms with Gasteiger partial charge in [-0.05, 0) is 36.1 Å². The molecule has 1 aliphatic rings. The fraction of sp³-hybridized carbons (Fsp3) is 0.353. The van der Waals surface area contributed by atoms with Crippen LogP contribution in [0.2, 0.25) is 10.0 Å². The van der Waals surface area contributed by atoms with E-state index >= 15 is 0 Å². The second-order valence-corrected chi connectivity index (χ2v) is 8.54. The molecule has 3 nitrogen and oxygen atoms in total. The zero-order chi connectivity index (χ0) is 16.9. The van der Waals surface area contributed by atoms with Crippen molar-refractivity contribution in [1.82, 2.24) is 4.90 Å². The third kappa shape index (κ3) is 4.60. The Labute approximate surface area is 159 Å². The molecule has 0 radical (unpaired) electrons. The predicted octanol–water partition coefficient (Wildman–Crippen LogP) is 5.14. The number of carbonyl (C=O) groups is 1. The molecular weight excluding hydrogens is 385 g/mol. The highest BCUT2D eigenvalue weighted by Gasteiger charge is 2.23. The Morgan fingerprint density at radius 3 is 2.92 bits per heavy atom. The van der Waals surface area contributed by atoms with Crippen molar-refractivity contribution in [3.05, 3.63) is 50.6 Å². The molecule has 1 atom stereocenters. The van der Waals surface area contributed by atoms with Crippen LogP contribution in [0.25, 0.3) is 0 Å². The van der Waals surface area contributed by atoms with Gasteiger partial charge in [-0.1, -0.05) is 29.3 Å². The Morgan fingerprint density at radius 1 is 1.29 bits per heavy atom. The number of hydrogen-bond acceptors (Lipinski definition) is 4. The quantitative estimate of drug-likeness (QED) is 0.709. The maximum absolute atomic E-state index is 12.4. The lowest BCUT2D eigenvalue weighted by atomic mass is 10.2. The third-order valence-corrected chi connectivity index (χ3v) is 6.78. The van der Waals surface area contributed by atoms with Crippen LogP contribution >= 0.6 is 46.3 Å². The largest absolute Gasteiger partial charge is 0.482 e. The maximum atomic E-state index is 12.4. The molecule has 3 rings (SSSR count). The van der Waals surface area contributed by atoms with Gasteiger partial charge in [-0.15, -0.1) is 11.3 Å². The number of carbonyl (C=O) groups excluding carboxylic acids is 1. The van der Waals surface area contributed by atoms with Gasteiger partial charge < -0.3 is 9.64 Å². The molecule has 7 heteroatoms. The summed E-state index contributed by atoms with van der Waals surface area (Å²) in [5.74, 6) is 1.42. The lowest BCUT2D eigenvalue weighted by Gasteiger charge is -2.20. The summed E-state index contributed by atoms with van der Waals surface area (Å²) in [6, 6.07) is 9.24. The van der Waals surface area contributed by atoms with Gasteiger partial charge >= 0.3 is 0 Å². The number of hydrogen-bond donors (Lipinski definition) is 0. The molecule has 2 heterocycles. The first-order valence-electron chi connectivity index (χ1n) is 7.64. The summed E-state index contributed by atoms with van der Waals surface area (Å²) >= 11 is 15.6. The summed E-state index contributed by atoms with van der Waals surface area (Å²) in [7, 11) is 0. The lowest BCUT2D eigenvalue weighted by molar-refractivity contribution is -0.133. The van der Waals surface area contributed by atoms with Gasteiger partial charge in [0, 0.05) is 34.0 Å². The minimum atomic E-state index is -0.00607. The van der Waals surface area contributed by atoms with E-state index in [2.05, 4.69) is 17.5 Å². The van der Waals surface area contributed by atoms with Crippen molar-refractivity contribution < 1.29 is 9.53 Å². The minimum absolute atomic E-state index is 0.00428. The lowest BCUT2D eigenvalue weighted by Crippen LogP contribution is -2.36. The van der Waals surface area contributed by atoms with E-state index in [1.54, 1.807) is 29.5 Å². The first kappa shape index (κ1) is 17.9. The minimum Gasteiger partial charge on any atom is -0.482 e. The normalized spacial score (nSPS) is 18.2. The number of halogens is 2. The van der Waals surface area contributed by atoms with Crippen molar-refractivity contribution >= 4 is 52.2 Å². The summed E-state index contributed by atoms with van der Waals surface area (Å²) in [4.78, 5) is 15.7. The zero-order valence-corrected chi connectivity index (χ0v) is 16.1. The molecule has 1 aromatic heterocycles. The average Bonchev–Trinajstić information content (AvgIpc) is 2.98. The molecule has 0 aliphatic carbocycles. The molecule has 1 amide bonds. The molecule has 1 fully saturated rings. The number of nitrogens with zero attached hydrogens (tertiary/aromatic N) is 1. The van der Waals surface area contributed by atoms with E-state index in [-0.39, 0.29) is 12.5 Å². The van der Waals surface area contributed by atoms with Crippen LogP contribution in [0.3, 0.4) is 0 Å². The molecule has 0 bridgehead atoms. The highest BCUT2D eigenvalue weighted by atomic mass is 35.5. The Morgan fingerprint density at radius 2 is 2.17 bits per heavy atom. The molecule has 128 valence electrons. The highest BCUT2D eigenvalue weighted by molar-refractivity contribution is 7.99. The van der Waals surface area contributed by atoms with Gasteiger partial charge in [0.25, 0.3) is 5.91 Å². The first-order chi connectivity index (χ1) is 11.6.